The van der Waals surface area contributed by atoms with Gasteiger partial charge in [0.25, 0.3) is 10.0 Å². The Kier molecular flexibility index (Phi) is 6.27. The third kappa shape index (κ3) is 5.11. The maximum atomic E-state index is 12.6. The van der Waals surface area contributed by atoms with Crippen molar-refractivity contribution in [3.05, 3.63) is 53.1 Å². The topological polar surface area (TPSA) is 81.7 Å². The lowest BCUT2D eigenvalue weighted by Gasteiger charge is -2.12. The van der Waals surface area contributed by atoms with Gasteiger partial charge in [0.2, 0.25) is 0 Å². The number of carbonyl (C=O) groups is 1. The molecule has 0 radical (unpaired) electrons. The first-order chi connectivity index (χ1) is 11.9. The van der Waals surface area contributed by atoms with Crippen LogP contribution in [0.2, 0.25) is 5.02 Å². The third-order valence-corrected chi connectivity index (χ3v) is 4.91. The number of halogens is 1. The normalized spacial score (nSPS) is 11.0. The van der Waals surface area contributed by atoms with Crippen molar-refractivity contribution < 1.29 is 22.7 Å². The molecule has 0 spiro atoms. The monoisotopic (exact) mass is 383 g/mol. The van der Waals surface area contributed by atoms with E-state index in [1.54, 1.807) is 37.3 Å². The molecule has 6 nitrogen and oxygen atoms in total. The van der Waals surface area contributed by atoms with Crippen LogP contribution in [-0.2, 0) is 26.0 Å². The summed E-state index contributed by atoms with van der Waals surface area (Å²) < 4.78 is 37.5. The second-order valence-corrected chi connectivity index (χ2v) is 7.17. The van der Waals surface area contributed by atoms with Crippen molar-refractivity contribution in [2.24, 2.45) is 0 Å². The molecule has 0 aliphatic carbocycles. The van der Waals surface area contributed by atoms with E-state index in [2.05, 4.69) is 4.72 Å². The van der Waals surface area contributed by atoms with E-state index in [-0.39, 0.29) is 28.1 Å². The number of carbonyl (C=O) groups excluding carboxylic acids is 1. The SMILES string of the molecule is CCOC(=O)Cc1ccc(NS(=O)(=O)c2cc(Cl)ccc2OC)cc1. The zero-order chi connectivity index (χ0) is 18.4. The number of methoxy groups -OCH3 is 1. The lowest BCUT2D eigenvalue weighted by Crippen LogP contribution is -2.14. The zero-order valence-electron chi connectivity index (χ0n) is 13.8. The highest BCUT2D eigenvalue weighted by atomic mass is 35.5. The number of sulfonamides is 1. The Hall–Kier alpha value is -2.25. The standard InChI is InChI=1S/C17H18ClNO5S/c1-3-24-17(20)10-12-4-7-14(8-5-12)19-25(21,22)16-11-13(18)6-9-15(16)23-2/h4-9,11,19H,3,10H2,1-2H3. The fraction of sp³-hybridized carbons (Fsp3) is 0.235. The minimum absolute atomic E-state index is 0.0573. The zero-order valence-corrected chi connectivity index (χ0v) is 15.4. The molecule has 2 aromatic rings. The van der Waals surface area contributed by atoms with E-state index in [1.165, 1.54) is 19.2 Å². The Morgan fingerprint density at radius 1 is 1.16 bits per heavy atom. The van der Waals surface area contributed by atoms with Gasteiger partial charge < -0.3 is 9.47 Å². The van der Waals surface area contributed by atoms with E-state index < -0.39 is 10.0 Å². The lowest BCUT2D eigenvalue weighted by atomic mass is 10.1. The van der Waals surface area contributed by atoms with Crippen molar-refractivity contribution in [2.75, 3.05) is 18.4 Å². The summed E-state index contributed by atoms with van der Waals surface area (Å²) in [4.78, 5) is 11.4. The highest BCUT2D eigenvalue weighted by Gasteiger charge is 2.20. The Bertz CT molecular complexity index is 850. The van der Waals surface area contributed by atoms with Gasteiger partial charge >= 0.3 is 5.97 Å². The largest absolute Gasteiger partial charge is 0.495 e. The molecule has 0 unspecified atom stereocenters. The first kappa shape index (κ1) is 19.1. The maximum Gasteiger partial charge on any atom is 0.310 e. The van der Waals surface area contributed by atoms with Crippen LogP contribution in [0.1, 0.15) is 12.5 Å². The molecule has 0 amide bonds. The van der Waals surface area contributed by atoms with Crippen molar-refractivity contribution in [3.63, 3.8) is 0 Å². The van der Waals surface area contributed by atoms with Gasteiger partial charge in [-0.15, -0.1) is 0 Å². The fourth-order valence-corrected chi connectivity index (χ4v) is 3.63. The number of rotatable bonds is 7. The molecule has 0 bridgehead atoms. The van der Waals surface area contributed by atoms with Crippen molar-refractivity contribution in [1.29, 1.82) is 0 Å². The molecule has 0 saturated heterocycles. The van der Waals surface area contributed by atoms with Gasteiger partial charge in [-0.1, -0.05) is 23.7 Å². The summed E-state index contributed by atoms with van der Waals surface area (Å²) in [5, 5.41) is 0.283. The number of ether oxygens (including phenoxy) is 2. The van der Waals surface area contributed by atoms with Gasteiger partial charge in [-0.2, -0.15) is 0 Å². The van der Waals surface area contributed by atoms with Gasteiger partial charge in [0.1, 0.15) is 10.6 Å². The molecule has 0 aliphatic heterocycles. The Labute approximate surface area is 151 Å². The Balaban J connectivity index is 2.18. The second kappa shape index (κ2) is 8.22. The predicted molar refractivity (Wildman–Crippen MR) is 95.6 cm³/mol. The number of hydrogen-bond donors (Lipinski definition) is 1. The average Bonchev–Trinajstić information content (AvgIpc) is 2.56. The molecule has 0 saturated carbocycles. The van der Waals surface area contributed by atoms with Gasteiger partial charge in [0.15, 0.2) is 0 Å². The van der Waals surface area contributed by atoms with Crippen LogP contribution in [0.4, 0.5) is 5.69 Å². The van der Waals surface area contributed by atoms with Crippen LogP contribution in [0.15, 0.2) is 47.4 Å². The van der Waals surface area contributed by atoms with Crippen molar-refractivity contribution in [3.8, 4) is 5.75 Å². The van der Waals surface area contributed by atoms with Crippen molar-refractivity contribution in [2.45, 2.75) is 18.2 Å². The molecular weight excluding hydrogens is 366 g/mol. The van der Waals surface area contributed by atoms with Crippen LogP contribution in [0, 0.1) is 0 Å². The first-order valence-corrected chi connectivity index (χ1v) is 9.32. The lowest BCUT2D eigenvalue weighted by molar-refractivity contribution is -0.142. The Morgan fingerprint density at radius 3 is 2.44 bits per heavy atom. The summed E-state index contributed by atoms with van der Waals surface area (Å²) in [6.45, 7) is 2.05. The second-order valence-electron chi connectivity index (χ2n) is 5.08. The summed E-state index contributed by atoms with van der Waals surface area (Å²) in [6.07, 6.45) is 0.128. The van der Waals surface area contributed by atoms with E-state index in [9.17, 15) is 13.2 Å². The van der Waals surface area contributed by atoms with Crippen molar-refractivity contribution >= 4 is 33.3 Å². The molecule has 0 heterocycles. The van der Waals surface area contributed by atoms with Crippen LogP contribution in [0.3, 0.4) is 0 Å². The fourth-order valence-electron chi connectivity index (χ4n) is 2.14. The van der Waals surface area contributed by atoms with Crippen LogP contribution < -0.4 is 9.46 Å². The molecule has 25 heavy (non-hydrogen) atoms. The predicted octanol–water partition coefficient (Wildman–Crippen LogP) is 3.26. The quantitative estimate of drug-likeness (QED) is 0.742. The van der Waals surface area contributed by atoms with E-state index >= 15 is 0 Å². The summed E-state index contributed by atoms with van der Waals surface area (Å²) in [7, 11) is -2.49. The van der Waals surface area contributed by atoms with Crippen LogP contribution in [0.25, 0.3) is 0 Å². The van der Waals surface area contributed by atoms with E-state index in [0.717, 1.165) is 5.56 Å². The highest BCUT2D eigenvalue weighted by molar-refractivity contribution is 7.92. The summed E-state index contributed by atoms with van der Waals surface area (Å²) >= 11 is 5.89. The minimum Gasteiger partial charge on any atom is -0.495 e. The first-order valence-electron chi connectivity index (χ1n) is 7.46. The molecule has 2 aromatic carbocycles. The molecule has 0 aromatic heterocycles. The van der Waals surface area contributed by atoms with Gasteiger partial charge in [-0.25, -0.2) is 8.42 Å². The molecule has 2 rings (SSSR count). The van der Waals surface area contributed by atoms with Gasteiger partial charge in [-0.3, -0.25) is 9.52 Å². The van der Waals surface area contributed by atoms with Crippen LogP contribution >= 0.6 is 11.6 Å². The van der Waals surface area contributed by atoms with Crippen LogP contribution in [0.5, 0.6) is 5.75 Å². The number of esters is 1. The van der Waals surface area contributed by atoms with Crippen LogP contribution in [-0.4, -0.2) is 28.1 Å². The Morgan fingerprint density at radius 2 is 1.84 bits per heavy atom. The number of anilines is 1. The van der Waals surface area contributed by atoms with E-state index in [4.69, 9.17) is 21.1 Å². The number of hydrogen-bond acceptors (Lipinski definition) is 5. The van der Waals surface area contributed by atoms with E-state index in [1.807, 2.05) is 0 Å². The number of benzene rings is 2. The average molecular weight is 384 g/mol. The molecule has 1 N–H and O–H groups in total. The highest BCUT2D eigenvalue weighted by Crippen LogP contribution is 2.28. The van der Waals surface area contributed by atoms with Gasteiger partial charge in [0, 0.05) is 10.7 Å². The molecule has 0 aliphatic rings. The molecular formula is C17H18ClNO5S. The third-order valence-electron chi connectivity index (χ3n) is 3.28. The van der Waals surface area contributed by atoms with Crippen molar-refractivity contribution in [1.82, 2.24) is 0 Å². The minimum atomic E-state index is -3.87. The van der Waals surface area contributed by atoms with Gasteiger partial charge in [-0.05, 0) is 42.8 Å². The molecule has 0 fully saturated rings. The molecule has 8 heteroatoms. The maximum absolute atomic E-state index is 12.6. The smallest absolute Gasteiger partial charge is 0.310 e. The van der Waals surface area contributed by atoms with E-state index in [0.29, 0.717) is 12.3 Å². The molecule has 134 valence electrons. The number of nitrogens with one attached hydrogen (secondary N) is 1. The summed E-state index contributed by atoms with van der Waals surface area (Å²) in [5.41, 5.74) is 1.08. The molecule has 0 atom stereocenters. The summed E-state index contributed by atoms with van der Waals surface area (Å²) in [5.74, 6) is -0.143. The summed E-state index contributed by atoms with van der Waals surface area (Å²) in [6, 6.07) is 10.8. The van der Waals surface area contributed by atoms with Gasteiger partial charge in [0.05, 0.1) is 20.1 Å².